The summed E-state index contributed by atoms with van der Waals surface area (Å²) < 4.78 is 92.8. The van der Waals surface area contributed by atoms with E-state index in [-0.39, 0.29) is 84.5 Å². The number of aryl methyl sites for hydroxylation is 1. The number of rotatable bonds is 14. The Hall–Kier alpha value is -7.49. The van der Waals surface area contributed by atoms with Gasteiger partial charge in [-0.15, -0.1) is 5.10 Å². The fraction of sp³-hybridized carbons (Fsp3) is 0.347. The molecule has 4 aliphatic heterocycles. The van der Waals surface area contributed by atoms with Crippen molar-refractivity contribution >= 4 is 58.4 Å². The van der Waals surface area contributed by atoms with Gasteiger partial charge in [0, 0.05) is 53.8 Å². The largest absolute Gasteiger partial charge is 0.492 e. The van der Waals surface area contributed by atoms with Gasteiger partial charge in [-0.05, 0) is 79.6 Å². The highest BCUT2D eigenvalue weighted by molar-refractivity contribution is 6.31. The summed E-state index contributed by atoms with van der Waals surface area (Å²) in [6, 6.07) is 10.1. The summed E-state index contributed by atoms with van der Waals surface area (Å²) in [7, 11) is 0. The number of pyridine rings is 1. The van der Waals surface area contributed by atoms with Crippen LogP contribution in [-0.2, 0) is 36.6 Å². The van der Waals surface area contributed by atoms with Crippen LogP contribution in [0, 0.1) is 24.5 Å². The van der Waals surface area contributed by atoms with Gasteiger partial charge >= 0.3 is 6.18 Å². The first-order valence-electron chi connectivity index (χ1n) is 23.6. The van der Waals surface area contributed by atoms with Gasteiger partial charge in [-0.3, -0.25) is 29.3 Å². The lowest BCUT2D eigenvalue weighted by Gasteiger charge is -2.44. The number of halogens is 7. The number of aromatic nitrogens is 7. The molecule has 0 saturated carbocycles. The van der Waals surface area contributed by atoms with Gasteiger partial charge in [0.05, 0.1) is 36.9 Å². The normalized spacial score (nSPS) is 21.7. The molecular weight excluding hydrogens is 1070 g/mol. The first-order valence-corrected chi connectivity index (χ1v) is 24.4. The number of alkyl halides is 3. The van der Waals surface area contributed by atoms with Crippen LogP contribution in [0.5, 0.6) is 5.75 Å². The maximum Gasteiger partial charge on any atom is 0.418 e. The number of imide groups is 1. The second-order valence-corrected chi connectivity index (χ2v) is 19.4. The Labute approximate surface area is 441 Å². The number of hydrogen-bond donors (Lipinski definition) is 4. The number of amides is 5. The molecule has 3 saturated heterocycles. The number of likely N-dealkylation sites (tertiary alicyclic amines) is 1. The number of anilines is 1. The van der Waals surface area contributed by atoms with E-state index < -0.39 is 107 Å². The van der Waals surface area contributed by atoms with E-state index in [9.17, 15) is 56.1 Å². The molecule has 7 heterocycles. The summed E-state index contributed by atoms with van der Waals surface area (Å²) in [5.41, 5.74) is -0.520. The Kier molecular flexibility index (Phi) is 14.5. The zero-order valence-electron chi connectivity index (χ0n) is 40.0. The number of fused-ring (bicyclic) bond motifs is 1. The molecule has 5 amide bonds. The zero-order valence-corrected chi connectivity index (χ0v) is 41.5. The summed E-state index contributed by atoms with van der Waals surface area (Å²) in [4.78, 5) is 75.5. The van der Waals surface area contributed by atoms with Crippen LogP contribution in [0.4, 0.5) is 27.6 Å². The van der Waals surface area contributed by atoms with Crippen LogP contribution in [-0.4, -0.2) is 142 Å². The molecule has 3 aromatic heterocycles. The number of ether oxygens (including phenoxy) is 3. The number of nitrogens with one attached hydrogen (secondary N) is 2. The standard InChI is InChI=1S/C49H42Cl2F5N11O10/c1-22-58-45(67(62-22)36-13-26(50)2-6-30(36)49(54,55)56)44-43(41(42(71)37(19-68)77-44)66-18-34(61-63-66)24-11-31(52)40(51)32(53)12-24)76-21-39(70)64-15-23(16-64)20-75-28-4-7-33(57-14-28)46(72)59-27-3-5-29-25(10-27)17-65(48(29)74)35-8-9-38(69)60-47(35)73/h2-7,10-14,18,23,35,37,41-44,68,71H,8-9,15-17,19-21H2,1H3,(H,59,72)(H,60,69,73)/t35?,37-,41+,42+,43-,44-/m1/s1. The number of piperidine rings is 1. The van der Waals surface area contributed by atoms with Crippen LogP contribution >= 0.6 is 23.2 Å². The summed E-state index contributed by atoms with van der Waals surface area (Å²) in [5, 5.41) is 38.7. The van der Waals surface area contributed by atoms with Crippen LogP contribution in [0.2, 0.25) is 10.0 Å². The van der Waals surface area contributed by atoms with Gasteiger partial charge in [0.2, 0.25) is 17.7 Å². The molecule has 0 radical (unpaired) electrons. The van der Waals surface area contributed by atoms with Gasteiger partial charge in [0.15, 0.2) is 5.82 Å². The molecule has 6 aromatic rings. The molecule has 10 rings (SSSR count). The van der Waals surface area contributed by atoms with Crippen molar-refractivity contribution in [2.75, 3.05) is 38.2 Å². The van der Waals surface area contributed by atoms with Crippen molar-refractivity contribution in [2.45, 2.75) is 69.0 Å². The Morgan fingerprint density at radius 1 is 1.01 bits per heavy atom. The number of hydrogen-bond acceptors (Lipinski definition) is 15. The average Bonchev–Trinajstić information content (AvgIpc) is 4.14. The summed E-state index contributed by atoms with van der Waals surface area (Å²) in [6.07, 6.45) is -8.44. The molecule has 6 atom stereocenters. The predicted octanol–water partition coefficient (Wildman–Crippen LogP) is 4.80. The Bertz CT molecular complexity index is 3300. The molecule has 77 heavy (non-hydrogen) atoms. The van der Waals surface area contributed by atoms with Crippen molar-refractivity contribution in [2.24, 2.45) is 5.92 Å². The van der Waals surface area contributed by atoms with Gasteiger partial charge in [0.1, 0.15) is 82.7 Å². The van der Waals surface area contributed by atoms with Gasteiger partial charge < -0.3 is 39.5 Å². The maximum absolute atomic E-state index is 14.6. The highest BCUT2D eigenvalue weighted by Gasteiger charge is 2.51. The predicted molar refractivity (Wildman–Crippen MR) is 256 cm³/mol. The van der Waals surface area contributed by atoms with Gasteiger partial charge in [-0.1, -0.05) is 28.4 Å². The van der Waals surface area contributed by atoms with Crippen LogP contribution in [0.1, 0.15) is 68.6 Å². The third-order valence-corrected chi connectivity index (χ3v) is 14.0. The lowest BCUT2D eigenvalue weighted by molar-refractivity contribution is -0.225. The van der Waals surface area contributed by atoms with Crippen LogP contribution in [0.3, 0.4) is 0 Å². The molecule has 3 fully saturated rings. The van der Waals surface area contributed by atoms with E-state index in [1.165, 1.54) is 41.2 Å². The molecule has 0 bridgehead atoms. The minimum atomic E-state index is -4.91. The first-order chi connectivity index (χ1) is 36.7. The third-order valence-electron chi connectivity index (χ3n) is 13.4. The smallest absolute Gasteiger partial charge is 0.418 e. The molecule has 0 spiro atoms. The molecular formula is C49H42Cl2F5N11O10. The Morgan fingerprint density at radius 2 is 1.78 bits per heavy atom. The van der Waals surface area contributed by atoms with Crippen molar-refractivity contribution in [3.8, 4) is 22.7 Å². The zero-order chi connectivity index (χ0) is 54.6. The van der Waals surface area contributed by atoms with E-state index in [2.05, 4.69) is 36.0 Å². The van der Waals surface area contributed by atoms with E-state index in [0.29, 0.717) is 22.6 Å². The molecule has 0 aliphatic carbocycles. The van der Waals surface area contributed by atoms with Crippen molar-refractivity contribution in [1.29, 1.82) is 0 Å². The van der Waals surface area contributed by atoms with Crippen molar-refractivity contribution < 1.29 is 70.3 Å². The second kappa shape index (κ2) is 21.1. The van der Waals surface area contributed by atoms with Gasteiger partial charge in [0.25, 0.3) is 11.8 Å². The molecule has 28 heteroatoms. The minimum absolute atomic E-state index is 0.0364. The molecule has 402 valence electrons. The number of benzene rings is 3. The lowest BCUT2D eigenvalue weighted by atomic mass is 9.91. The highest BCUT2D eigenvalue weighted by Crippen LogP contribution is 2.43. The average molecular weight is 1110 g/mol. The summed E-state index contributed by atoms with van der Waals surface area (Å²) in [5.74, 6) is -4.82. The topological polar surface area (TPSA) is 258 Å². The number of nitrogens with zero attached hydrogens (tertiary/aromatic N) is 9. The Balaban J connectivity index is 0.807. The van der Waals surface area contributed by atoms with Crippen molar-refractivity contribution in [3.05, 3.63) is 129 Å². The van der Waals surface area contributed by atoms with Crippen LogP contribution in [0.15, 0.2) is 73.1 Å². The van der Waals surface area contributed by atoms with Crippen molar-refractivity contribution in [1.82, 2.24) is 49.9 Å². The number of aliphatic hydroxyl groups is 2. The van der Waals surface area contributed by atoms with Crippen molar-refractivity contribution in [3.63, 3.8) is 0 Å². The maximum atomic E-state index is 14.6. The van der Waals surface area contributed by atoms with Crippen LogP contribution < -0.4 is 15.4 Å². The third kappa shape index (κ3) is 10.7. The molecule has 4 N–H and O–H groups in total. The monoisotopic (exact) mass is 1110 g/mol. The fourth-order valence-electron chi connectivity index (χ4n) is 9.56. The number of aliphatic hydroxyl groups excluding tert-OH is 2. The second-order valence-electron chi connectivity index (χ2n) is 18.5. The lowest BCUT2D eigenvalue weighted by Crippen LogP contribution is -2.56. The van der Waals surface area contributed by atoms with E-state index >= 15 is 0 Å². The van der Waals surface area contributed by atoms with E-state index in [1.54, 1.807) is 18.2 Å². The number of carbonyl (C=O) groups is 5. The minimum Gasteiger partial charge on any atom is -0.492 e. The highest BCUT2D eigenvalue weighted by atomic mass is 35.5. The molecule has 4 aliphatic rings. The van der Waals surface area contributed by atoms with E-state index in [4.69, 9.17) is 37.4 Å². The Morgan fingerprint density at radius 3 is 2.48 bits per heavy atom. The summed E-state index contributed by atoms with van der Waals surface area (Å²) >= 11 is 11.9. The SMILES string of the molecule is Cc1nc([C@@H]2O[C@H](CO)[C@H](O)[C@H](n3cc(-c4cc(F)c(Cl)c(F)c4)nn3)[C@H]2OCC(=O)N2CC(COc3ccc(C(=O)Nc4ccc5c(c4)CN(C4CCC(=O)NC4=O)C5=O)nc3)C2)n(-c2cc(Cl)ccc2C(F)(F)F)n1. The van der Waals surface area contributed by atoms with Gasteiger partial charge in [-0.25, -0.2) is 28.1 Å². The molecule has 1 unspecified atom stereocenters. The quantitative estimate of drug-likeness (QED) is 0.0649. The van der Waals surface area contributed by atoms with E-state index in [1.807, 2.05) is 0 Å². The first kappa shape index (κ1) is 52.9. The van der Waals surface area contributed by atoms with Crippen LogP contribution in [0.25, 0.3) is 16.9 Å². The van der Waals surface area contributed by atoms with Gasteiger partial charge in [-0.2, -0.15) is 18.3 Å². The fourth-order valence-corrected chi connectivity index (χ4v) is 9.84. The molecule has 3 aromatic carbocycles. The summed E-state index contributed by atoms with van der Waals surface area (Å²) in [6.45, 7) is 0.487. The van der Waals surface area contributed by atoms with E-state index in [0.717, 1.165) is 39.7 Å². The molecule has 21 nitrogen and oxygen atoms in total. The number of carbonyl (C=O) groups excluding carboxylic acids is 5.